The van der Waals surface area contributed by atoms with E-state index in [1.54, 1.807) is 6.20 Å². The Hall–Kier alpha value is -0.650. The Balaban J connectivity index is 0.00000128. The molecule has 0 saturated carbocycles. The zero-order valence-corrected chi connectivity index (χ0v) is 10.8. The van der Waals surface area contributed by atoms with Gasteiger partial charge in [0.15, 0.2) is 0 Å². The molecule has 0 radical (unpaired) electrons. The van der Waals surface area contributed by atoms with Crippen molar-refractivity contribution in [2.24, 2.45) is 0 Å². The van der Waals surface area contributed by atoms with Gasteiger partial charge in [0.25, 0.3) is 5.91 Å². The lowest BCUT2D eigenvalue weighted by atomic mass is 10.2. The lowest BCUT2D eigenvalue weighted by Gasteiger charge is -2.10. The second-order valence-corrected chi connectivity index (χ2v) is 4.98. The van der Waals surface area contributed by atoms with Crippen LogP contribution in [-0.4, -0.2) is 30.0 Å². The summed E-state index contributed by atoms with van der Waals surface area (Å²) in [4.78, 5) is 16.4. The van der Waals surface area contributed by atoms with Gasteiger partial charge in [-0.1, -0.05) is 0 Å². The molecule has 1 fully saturated rings. The number of nitrogens with zero attached hydrogens (tertiary/aromatic N) is 1. The number of halogens is 1. The summed E-state index contributed by atoms with van der Waals surface area (Å²) in [5, 5.41) is 7.19. The molecule has 0 bridgehead atoms. The van der Waals surface area contributed by atoms with Gasteiger partial charge in [-0.3, -0.25) is 4.79 Å². The zero-order valence-electron chi connectivity index (χ0n) is 9.16. The molecule has 1 aliphatic rings. The van der Waals surface area contributed by atoms with Crippen molar-refractivity contribution in [1.29, 1.82) is 0 Å². The smallest absolute Gasteiger partial charge is 0.263 e. The number of aryl methyl sites for hydroxylation is 1. The van der Waals surface area contributed by atoms with E-state index in [0.29, 0.717) is 10.9 Å². The predicted octanol–water partition coefficient (Wildman–Crippen LogP) is 1.36. The molecule has 0 spiro atoms. The molecule has 0 aliphatic carbocycles. The molecule has 6 heteroatoms. The second-order valence-electron chi connectivity index (χ2n) is 3.75. The quantitative estimate of drug-likeness (QED) is 0.864. The van der Waals surface area contributed by atoms with Gasteiger partial charge in [0.05, 0.1) is 11.2 Å². The Morgan fingerprint density at radius 1 is 1.75 bits per heavy atom. The fraction of sp³-hybridized carbons (Fsp3) is 0.600. The van der Waals surface area contributed by atoms with Crippen LogP contribution in [0.25, 0.3) is 0 Å². The number of aromatic nitrogens is 1. The van der Waals surface area contributed by atoms with E-state index in [-0.39, 0.29) is 18.3 Å². The minimum absolute atomic E-state index is 0. The van der Waals surface area contributed by atoms with Crippen molar-refractivity contribution in [3.63, 3.8) is 0 Å². The lowest BCUT2D eigenvalue weighted by molar-refractivity contribution is 0.0954. The second kappa shape index (κ2) is 6.18. The summed E-state index contributed by atoms with van der Waals surface area (Å²) >= 11 is 1.43. The number of hydrogen-bond acceptors (Lipinski definition) is 4. The van der Waals surface area contributed by atoms with Crippen molar-refractivity contribution in [2.75, 3.05) is 13.1 Å². The van der Waals surface area contributed by atoms with Crippen LogP contribution in [0, 0.1) is 6.92 Å². The Morgan fingerprint density at radius 3 is 3.12 bits per heavy atom. The largest absolute Gasteiger partial charge is 0.350 e. The van der Waals surface area contributed by atoms with Crippen molar-refractivity contribution < 1.29 is 4.79 Å². The van der Waals surface area contributed by atoms with Crippen LogP contribution in [0.5, 0.6) is 0 Å². The minimum atomic E-state index is -0.00528. The van der Waals surface area contributed by atoms with Gasteiger partial charge in [-0.05, 0) is 26.3 Å². The Labute approximate surface area is 105 Å². The fourth-order valence-corrected chi connectivity index (χ4v) is 2.39. The molecular weight excluding hydrogens is 246 g/mol. The van der Waals surface area contributed by atoms with Gasteiger partial charge in [-0.15, -0.1) is 23.7 Å². The normalized spacial score (nSPS) is 19.2. The van der Waals surface area contributed by atoms with Crippen molar-refractivity contribution >= 4 is 29.7 Å². The van der Waals surface area contributed by atoms with Crippen LogP contribution < -0.4 is 10.6 Å². The molecular formula is C10H16ClN3OS. The molecule has 1 aromatic rings. The van der Waals surface area contributed by atoms with Gasteiger partial charge in [-0.2, -0.15) is 0 Å². The third-order valence-corrected chi connectivity index (χ3v) is 3.43. The highest BCUT2D eigenvalue weighted by Crippen LogP contribution is 2.11. The van der Waals surface area contributed by atoms with E-state index in [9.17, 15) is 4.79 Å². The molecule has 1 aliphatic heterocycles. The maximum atomic E-state index is 11.6. The monoisotopic (exact) mass is 261 g/mol. The first-order valence-corrected chi connectivity index (χ1v) is 6.01. The molecule has 1 amide bonds. The van der Waals surface area contributed by atoms with Gasteiger partial charge in [0, 0.05) is 12.6 Å². The Kier molecular flexibility index (Phi) is 5.18. The van der Waals surface area contributed by atoms with E-state index in [0.717, 1.165) is 24.5 Å². The third-order valence-electron chi connectivity index (χ3n) is 2.52. The van der Waals surface area contributed by atoms with Crippen LogP contribution in [0.4, 0.5) is 0 Å². The molecule has 2 N–H and O–H groups in total. The summed E-state index contributed by atoms with van der Waals surface area (Å²) in [5.41, 5.74) is 0. The predicted molar refractivity (Wildman–Crippen MR) is 67.5 cm³/mol. The molecule has 16 heavy (non-hydrogen) atoms. The molecule has 1 atom stereocenters. The highest BCUT2D eigenvalue weighted by atomic mass is 35.5. The SMILES string of the molecule is Cc1ncc(C(=O)NCC2CCCN2)s1.Cl. The Bertz CT molecular complexity index is 350. The molecule has 4 nitrogen and oxygen atoms in total. The summed E-state index contributed by atoms with van der Waals surface area (Å²) in [5.74, 6) is -0.00528. The summed E-state index contributed by atoms with van der Waals surface area (Å²) in [7, 11) is 0. The average Bonchev–Trinajstić information content (AvgIpc) is 2.84. The summed E-state index contributed by atoms with van der Waals surface area (Å²) < 4.78 is 0. The number of rotatable bonds is 3. The van der Waals surface area contributed by atoms with E-state index in [4.69, 9.17) is 0 Å². The fourth-order valence-electron chi connectivity index (χ4n) is 1.70. The van der Waals surface area contributed by atoms with Crippen LogP contribution in [0.1, 0.15) is 27.5 Å². The van der Waals surface area contributed by atoms with E-state index >= 15 is 0 Å². The summed E-state index contributed by atoms with van der Waals surface area (Å²) in [6.07, 6.45) is 4.00. The van der Waals surface area contributed by atoms with E-state index < -0.39 is 0 Å². The molecule has 90 valence electrons. The van der Waals surface area contributed by atoms with Crippen LogP contribution >= 0.6 is 23.7 Å². The van der Waals surface area contributed by atoms with Crippen molar-refractivity contribution in [3.05, 3.63) is 16.1 Å². The number of nitrogens with one attached hydrogen (secondary N) is 2. The highest BCUT2D eigenvalue weighted by Gasteiger charge is 2.15. The van der Waals surface area contributed by atoms with Crippen LogP contribution in [0.2, 0.25) is 0 Å². The first-order chi connectivity index (χ1) is 7.25. The molecule has 0 aromatic carbocycles. The van der Waals surface area contributed by atoms with Gasteiger partial charge in [-0.25, -0.2) is 4.98 Å². The van der Waals surface area contributed by atoms with E-state index in [1.807, 2.05) is 6.92 Å². The summed E-state index contributed by atoms with van der Waals surface area (Å²) in [6.45, 7) is 3.69. The van der Waals surface area contributed by atoms with Gasteiger partial charge in [0.2, 0.25) is 0 Å². The average molecular weight is 262 g/mol. The number of thiazole rings is 1. The van der Waals surface area contributed by atoms with Crippen LogP contribution in [-0.2, 0) is 0 Å². The first-order valence-electron chi connectivity index (χ1n) is 5.20. The third kappa shape index (κ3) is 3.43. The van der Waals surface area contributed by atoms with Gasteiger partial charge in [0.1, 0.15) is 4.88 Å². The van der Waals surface area contributed by atoms with Crippen molar-refractivity contribution in [3.8, 4) is 0 Å². The first kappa shape index (κ1) is 13.4. The molecule has 2 rings (SSSR count). The van der Waals surface area contributed by atoms with Crippen molar-refractivity contribution in [2.45, 2.75) is 25.8 Å². The maximum absolute atomic E-state index is 11.6. The summed E-state index contributed by atoms with van der Waals surface area (Å²) in [6, 6.07) is 0.447. The van der Waals surface area contributed by atoms with E-state index in [1.165, 1.54) is 17.8 Å². The lowest BCUT2D eigenvalue weighted by Crippen LogP contribution is -2.36. The maximum Gasteiger partial charge on any atom is 0.263 e. The standard InChI is InChI=1S/C10H15N3OS.ClH/c1-7-12-6-9(15-7)10(14)13-5-8-3-2-4-11-8;/h6,8,11H,2-5H2,1H3,(H,13,14);1H. The molecule has 1 saturated heterocycles. The number of carbonyl (C=O) groups is 1. The zero-order chi connectivity index (χ0) is 10.7. The number of hydrogen-bond donors (Lipinski definition) is 2. The highest BCUT2D eigenvalue weighted by molar-refractivity contribution is 7.13. The molecule has 1 unspecified atom stereocenters. The number of amides is 1. The topological polar surface area (TPSA) is 54.0 Å². The number of carbonyl (C=O) groups excluding carboxylic acids is 1. The van der Waals surface area contributed by atoms with Gasteiger partial charge < -0.3 is 10.6 Å². The van der Waals surface area contributed by atoms with Gasteiger partial charge >= 0.3 is 0 Å². The minimum Gasteiger partial charge on any atom is -0.350 e. The van der Waals surface area contributed by atoms with Crippen LogP contribution in [0.15, 0.2) is 6.20 Å². The van der Waals surface area contributed by atoms with E-state index in [2.05, 4.69) is 15.6 Å². The Morgan fingerprint density at radius 2 is 2.56 bits per heavy atom. The molecule has 1 aromatic heterocycles. The van der Waals surface area contributed by atoms with Crippen molar-refractivity contribution in [1.82, 2.24) is 15.6 Å². The van der Waals surface area contributed by atoms with Crippen LogP contribution in [0.3, 0.4) is 0 Å². The molecule has 2 heterocycles.